The van der Waals surface area contributed by atoms with Crippen LogP contribution in [0.4, 0.5) is 16.3 Å². The van der Waals surface area contributed by atoms with Crippen LogP contribution in [0.25, 0.3) is 16.5 Å². The number of fused-ring (bicyclic) bond motifs is 1. The van der Waals surface area contributed by atoms with Crippen LogP contribution in [0.5, 0.6) is 5.75 Å². The quantitative estimate of drug-likeness (QED) is 0.139. The van der Waals surface area contributed by atoms with Crippen LogP contribution in [0.15, 0.2) is 126 Å². The molecular weight excluding hydrogens is 653 g/mol. The summed E-state index contributed by atoms with van der Waals surface area (Å²) in [6, 6.07) is 30.5. The van der Waals surface area contributed by atoms with E-state index in [0.29, 0.717) is 29.5 Å². The van der Waals surface area contributed by atoms with E-state index >= 15 is 0 Å². The summed E-state index contributed by atoms with van der Waals surface area (Å²) < 4.78 is 35.1. The van der Waals surface area contributed by atoms with Crippen LogP contribution in [0.2, 0.25) is 0 Å². The smallest absolute Gasteiger partial charge is 0.324 e. The number of urea groups is 1. The van der Waals surface area contributed by atoms with E-state index in [9.17, 15) is 18.0 Å². The molecule has 2 heterocycles. The molecule has 11 nitrogen and oxygen atoms in total. The molecule has 0 saturated carbocycles. The first-order valence-electron chi connectivity index (χ1n) is 15.9. The number of aromatic nitrogens is 3. The average Bonchev–Trinajstić information content (AvgIpc) is 3.54. The highest BCUT2D eigenvalue weighted by molar-refractivity contribution is 7.90. The number of carbonyl (C=O) groups is 2. The van der Waals surface area contributed by atoms with Gasteiger partial charge in [-0.3, -0.25) is 15.1 Å². The fourth-order valence-corrected chi connectivity index (χ4v) is 6.23. The Morgan fingerprint density at radius 2 is 1.48 bits per heavy atom. The van der Waals surface area contributed by atoms with E-state index in [0.717, 1.165) is 28.5 Å². The SMILES string of the molecule is CC(C)(C)c1cc(NC(=O)Nc2ccc(OCCc3ccncc3)c3ccccc23)n(-c2ccc(C(=O)NS(=O)(=O)c3ccccc3)cc2)n1. The maximum Gasteiger partial charge on any atom is 0.324 e. The molecule has 254 valence electrons. The number of carbonyl (C=O) groups excluding carboxylic acids is 2. The molecular formula is C38H36N6O5S. The molecule has 0 aliphatic rings. The van der Waals surface area contributed by atoms with Crippen LogP contribution < -0.4 is 20.1 Å². The highest BCUT2D eigenvalue weighted by atomic mass is 32.2. The minimum Gasteiger partial charge on any atom is -0.493 e. The minimum atomic E-state index is -4.04. The Morgan fingerprint density at radius 1 is 0.800 bits per heavy atom. The lowest BCUT2D eigenvalue weighted by Crippen LogP contribution is -2.30. The third-order valence-corrected chi connectivity index (χ3v) is 9.25. The van der Waals surface area contributed by atoms with Gasteiger partial charge in [0, 0.05) is 46.6 Å². The summed E-state index contributed by atoms with van der Waals surface area (Å²) in [6.07, 6.45) is 4.25. The molecule has 0 fully saturated rings. The number of nitrogens with one attached hydrogen (secondary N) is 3. The number of rotatable bonds is 10. The first-order chi connectivity index (χ1) is 24.0. The normalized spacial score (nSPS) is 11.6. The number of hydrogen-bond acceptors (Lipinski definition) is 7. The molecule has 4 aromatic carbocycles. The maximum absolute atomic E-state index is 13.5. The molecule has 0 spiro atoms. The monoisotopic (exact) mass is 688 g/mol. The van der Waals surface area contributed by atoms with Crippen LogP contribution in [0.3, 0.4) is 0 Å². The number of amides is 3. The molecule has 6 aromatic rings. The molecule has 0 aliphatic carbocycles. The van der Waals surface area contributed by atoms with Crippen molar-refractivity contribution in [2.45, 2.75) is 37.5 Å². The zero-order valence-electron chi connectivity index (χ0n) is 27.8. The van der Waals surface area contributed by atoms with Gasteiger partial charge in [0.25, 0.3) is 15.9 Å². The number of ether oxygens (including phenoxy) is 1. The Bertz CT molecular complexity index is 2250. The second-order valence-electron chi connectivity index (χ2n) is 12.6. The summed E-state index contributed by atoms with van der Waals surface area (Å²) in [5.41, 5.74) is 2.80. The first kappa shape index (κ1) is 33.9. The number of anilines is 2. The molecule has 0 radical (unpaired) electrons. The summed E-state index contributed by atoms with van der Waals surface area (Å²) in [4.78, 5) is 30.3. The second kappa shape index (κ2) is 14.2. The number of sulfonamides is 1. The number of nitrogens with zero attached hydrogens (tertiary/aromatic N) is 3. The third-order valence-electron chi connectivity index (χ3n) is 7.90. The van der Waals surface area contributed by atoms with Crippen LogP contribution in [0.1, 0.15) is 42.4 Å². The van der Waals surface area contributed by atoms with Crippen molar-refractivity contribution >= 4 is 44.2 Å². The van der Waals surface area contributed by atoms with Gasteiger partial charge in [0.15, 0.2) is 0 Å². The number of pyridine rings is 1. The van der Waals surface area contributed by atoms with E-state index < -0.39 is 22.0 Å². The van der Waals surface area contributed by atoms with Gasteiger partial charge >= 0.3 is 6.03 Å². The molecule has 50 heavy (non-hydrogen) atoms. The summed E-state index contributed by atoms with van der Waals surface area (Å²) >= 11 is 0. The van der Waals surface area contributed by atoms with Crippen molar-refractivity contribution in [3.05, 3.63) is 138 Å². The van der Waals surface area contributed by atoms with Gasteiger partial charge in [0.1, 0.15) is 11.6 Å². The predicted octanol–water partition coefficient (Wildman–Crippen LogP) is 7.10. The van der Waals surface area contributed by atoms with E-state index in [1.165, 1.54) is 24.3 Å². The summed E-state index contributed by atoms with van der Waals surface area (Å²) in [5, 5.41) is 12.3. The molecule has 0 atom stereocenters. The van der Waals surface area contributed by atoms with Crippen LogP contribution in [-0.2, 0) is 21.9 Å². The Balaban J connectivity index is 1.19. The highest BCUT2D eigenvalue weighted by Crippen LogP contribution is 2.32. The minimum absolute atomic E-state index is 0.0144. The van der Waals surface area contributed by atoms with Crippen molar-refractivity contribution in [2.75, 3.05) is 17.2 Å². The zero-order valence-corrected chi connectivity index (χ0v) is 28.6. The number of benzene rings is 4. The van der Waals surface area contributed by atoms with Crippen molar-refractivity contribution in [2.24, 2.45) is 0 Å². The predicted molar refractivity (Wildman–Crippen MR) is 193 cm³/mol. The van der Waals surface area contributed by atoms with Crippen LogP contribution in [0, 0.1) is 0 Å². The maximum atomic E-state index is 13.5. The molecule has 3 amide bonds. The van der Waals surface area contributed by atoms with Crippen molar-refractivity contribution in [3.63, 3.8) is 0 Å². The Hall–Kier alpha value is -6.01. The second-order valence-corrected chi connectivity index (χ2v) is 14.2. The Morgan fingerprint density at radius 3 is 2.18 bits per heavy atom. The summed E-state index contributed by atoms with van der Waals surface area (Å²) in [5.74, 6) is 0.339. The van der Waals surface area contributed by atoms with Gasteiger partial charge in [-0.05, 0) is 66.2 Å². The standard InChI is InChI=1S/C38H36N6O5S/c1-38(2,3)34-25-35(44(42-34)28-15-13-27(14-16-28)36(45)43-50(47,48)29-9-5-4-6-10-29)41-37(46)40-32-17-18-33(31-12-8-7-11-30(31)32)49-24-21-26-19-22-39-23-20-26/h4-20,22-23,25H,21,24H2,1-3H3,(H,43,45)(H2,40,41,46). The molecule has 12 heteroatoms. The van der Waals surface area contributed by atoms with E-state index in [2.05, 4.69) is 20.3 Å². The Labute approximate surface area is 290 Å². The largest absolute Gasteiger partial charge is 0.493 e. The molecule has 3 N–H and O–H groups in total. The lowest BCUT2D eigenvalue weighted by Gasteiger charge is -2.14. The van der Waals surface area contributed by atoms with Crippen molar-refractivity contribution in [3.8, 4) is 11.4 Å². The molecule has 0 bridgehead atoms. The van der Waals surface area contributed by atoms with Gasteiger partial charge in [-0.25, -0.2) is 22.6 Å². The van der Waals surface area contributed by atoms with E-state index in [4.69, 9.17) is 9.84 Å². The van der Waals surface area contributed by atoms with Crippen molar-refractivity contribution < 1.29 is 22.7 Å². The Kier molecular flexibility index (Phi) is 9.64. The van der Waals surface area contributed by atoms with Gasteiger partial charge in [0.05, 0.1) is 28.6 Å². The lowest BCUT2D eigenvalue weighted by molar-refractivity contribution is 0.0981. The van der Waals surface area contributed by atoms with Crippen molar-refractivity contribution in [1.29, 1.82) is 0 Å². The highest BCUT2D eigenvalue weighted by Gasteiger charge is 2.23. The van der Waals surface area contributed by atoms with Gasteiger partial charge < -0.3 is 10.1 Å². The van der Waals surface area contributed by atoms with Crippen molar-refractivity contribution in [1.82, 2.24) is 19.5 Å². The summed E-state index contributed by atoms with van der Waals surface area (Å²) in [6.45, 7) is 6.52. The topological polar surface area (TPSA) is 144 Å². The molecule has 0 unspecified atom stereocenters. The molecule has 0 saturated heterocycles. The van der Waals surface area contributed by atoms with Crippen LogP contribution >= 0.6 is 0 Å². The fourth-order valence-electron chi connectivity index (χ4n) is 5.23. The molecule has 2 aromatic heterocycles. The third kappa shape index (κ3) is 7.82. The van der Waals surface area contributed by atoms with Gasteiger partial charge in [-0.15, -0.1) is 0 Å². The summed E-state index contributed by atoms with van der Waals surface area (Å²) in [7, 11) is -4.04. The van der Waals surface area contributed by atoms with Gasteiger partial charge in [-0.2, -0.15) is 5.10 Å². The first-order valence-corrected chi connectivity index (χ1v) is 17.4. The van der Waals surface area contributed by atoms with Gasteiger partial charge in [-0.1, -0.05) is 63.2 Å². The van der Waals surface area contributed by atoms with E-state index in [1.54, 1.807) is 53.5 Å². The van der Waals surface area contributed by atoms with Crippen LogP contribution in [-0.4, -0.2) is 41.7 Å². The molecule has 6 rings (SSSR count). The van der Waals surface area contributed by atoms with Gasteiger partial charge in [0.2, 0.25) is 0 Å². The fraction of sp³-hybridized carbons (Fsp3) is 0.158. The molecule has 0 aliphatic heterocycles. The lowest BCUT2D eigenvalue weighted by atomic mass is 9.92. The van der Waals surface area contributed by atoms with E-state index in [-0.39, 0.29) is 15.9 Å². The number of hydrogen-bond donors (Lipinski definition) is 3. The van der Waals surface area contributed by atoms with E-state index in [1.807, 2.05) is 69.3 Å². The zero-order chi connectivity index (χ0) is 35.3. The average molecular weight is 689 g/mol.